The fourth-order valence-corrected chi connectivity index (χ4v) is 2.49. The van der Waals surface area contributed by atoms with Gasteiger partial charge in [0.2, 0.25) is 0 Å². The number of anilines is 2. The molecule has 0 aliphatic rings. The normalized spacial score (nSPS) is 12.0. The molecule has 2 aromatic rings. The first kappa shape index (κ1) is 15.4. The number of rotatable bonds is 5. The maximum atomic E-state index is 12.9. The number of hydrogen-bond donors (Lipinski definition) is 1. The molecule has 0 saturated heterocycles. The molecule has 0 spiro atoms. The summed E-state index contributed by atoms with van der Waals surface area (Å²) in [6.07, 6.45) is 0.867. The lowest BCUT2D eigenvalue weighted by atomic mass is 10.1. The zero-order valence-electron chi connectivity index (χ0n) is 13.2. The van der Waals surface area contributed by atoms with E-state index in [9.17, 15) is 4.39 Å². The van der Waals surface area contributed by atoms with Crippen LogP contribution in [-0.4, -0.2) is 20.1 Å². The van der Waals surface area contributed by atoms with Crippen molar-refractivity contribution in [3.63, 3.8) is 0 Å². The highest BCUT2D eigenvalue weighted by molar-refractivity contribution is 5.62. The third-order valence-electron chi connectivity index (χ3n) is 3.56. The number of aryl methyl sites for hydroxylation is 1. The van der Waals surface area contributed by atoms with Crippen LogP contribution in [0.2, 0.25) is 0 Å². The third-order valence-corrected chi connectivity index (χ3v) is 3.56. The summed E-state index contributed by atoms with van der Waals surface area (Å²) in [5.41, 5.74) is 4.72. The van der Waals surface area contributed by atoms with Crippen LogP contribution in [0.4, 0.5) is 15.8 Å². The number of nitrogens with zero attached hydrogens (tertiary/aromatic N) is 1. The van der Waals surface area contributed by atoms with Crippen LogP contribution in [0.25, 0.3) is 0 Å². The quantitative estimate of drug-likeness (QED) is 0.884. The Labute approximate surface area is 126 Å². The van der Waals surface area contributed by atoms with Gasteiger partial charge in [-0.15, -0.1) is 0 Å². The maximum Gasteiger partial charge on any atom is 0.123 e. The van der Waals surface area contributed by atoms with E-state index in [0.29, 0.717) is 0 Å². The van der Waals surface area contributed by atoms with E-state index in [1.165, 1.54) is 23.4 Å². The van der Waals surface area contributed by atoms with E-state index in [1.54, 1.807) is 0 Å². The molecule has 1 N–H and O–H groups in total. The standard InChI is InChI=1S/C18H23FN2/c1-13-5-10-17(12-18(13)21(3)4)20-14(2)11-15-6-8-16(19)9-7-15/h5-10,12,14,20H,11H2,1-4H3. The molecule has 3 heteroatoms. The van der Waals surface area contributed by atoms with Crippen molar-refractivity contribution in [3.8, 4) is 0 Å². The van der Waals surface area contributed by atoms with E-state index in [4.69, 9.17) is 0 Å². The summed E-state index contributed by atoms with van der Waals surface area (Å²) in [6.45, 7) is 4.25. The second-order valence-corrected chi connectivity index (χ2v) is 5.77. The minimum atomic E-state index is -0.187. The van der Waals surface area contributed by atoms with Crippen LogP contribution in [-0.2, 0) is 6.42 Å². The Balaban J connectivity index is 2.04. The van der Waals surface area contributed by atoms with Crippen molar-refractivity contribution < 1.29 is 4.39 Å². The Morgan fingerprint density at radius 3 is 2.38 bits per heavy atom. The number of halogens is 1. The van der Waals surface area contributed by atoms with Gasteiger partial charge in [0.05, 0.1) is 0 Å². The van der Waals surface area contributed by atoms with Gasteiger partial charge >= 0.3 is 0 Å². The van der Waals surface area contributed by atoms with Gasteiger partial charge in [0.25, 0.3) is 0 Å². The summed E-state index contributed by atoms with van der Waals surface area (Å²) in [6, 6.07) is 13.4. The van der Waals surface area contributed by atoms with Crippen molar-refractivity contribution in [2.24, 2.45) is 0 Å². The monoisotopic (exact) mass is 286 g/mol. The molecule has 0 heterocycles. The van der Waals surface area contributed by atoms with Gasteiger partial charge in [0.1, 0.15) is 5.82 Å². The van der Waals surface area contributed by atoms with Crippen molar-refractivity contribution in [2.45, 2.75) is 26.3 Å². The fourth-order valence-electron chi connectivity index (χ4n) is 2.49. The predicted molar refractivity (Wildman–Crippen MR) is 88.7 cm³/mol. The summed E-state index contributed by atoms with van der Waals surface area (Å²) in [5, 5.41) is 3.51. The van der Waals surface area contributed by atoms with E-state index in [1.807, 2.05) is 26.2 Å². The average Bonchev–Trinajstić information content (AvgIpc) is 2.43. The van der Waals surface area contributed by atoms with Gasteiger partial charge in [0, 0.05) is 31.5 Å². The van der Waals surface area contributed by atoms with Crippen LogP contribution in [0.15, 0.2) is 42.5 Å². The highest BCUT2D eigenvalue weighted by Gasteiger charge is 2.07. The van der Waals surface area contributed by atoms with Crippen LogP contribution in [0.3, 0.4) is 0 Å². The van der Waals surface area contributed by atoms with E-state index in [-0.39, 0.29) is 11.9 Å². The lowest BCUT2D eigenvalue weighted by Gasteiger charge is -2.20. The molecule has 2 rings (SSSR count). The van der Waals surface area contributed by atoms with Gasteiger partial charge < -0.3 is 10.2 Å². The molecule has 1 atom stereocenters. The topological polar surface area (TPSA) is 15.3 Å². The molecular formula is C18H23FN2. The molecule has 0 amide bonds. The van der Waals surface area contributed by atoms with Crippen molar-refractivity contribution in [3.05, 3.63) is 59.4 Å². The van der Waals surface area contributed by atoms with Gasteiger partial charge in [-0.25, -0.2) is 4.39 Å². The molecule has 0 fully saturated rings. The van der Waals surface area contributed by atoms with Gasteiger partial charge in [-0.1, -0.05) is 18.2 Å². The Morgan fingerprint density at radius 1 is 1.10 bits per heavy atom. The first-order valence-corrected chi connectivity index (χ1v) is 7.24. The molecular weight excluding hydrogens is 263 g/mol. The van der Waals surface area contributed by atoms with Crippen LogP contribution >= 0.6 is 0 Å². The third kappa shape index (κ3) is 4.22. The highest BCUT2D eigenvalue weighted by atomic mass is 19.1. The number of hydrogen-bond acceptors (Lipinski definition) is 2. The van der Waals surface area contributed by atoms with Gasteiger partial charge in [-0.2, -0.15) is 0 Å². The van der Waals surface area contributed by atoms with Crippen molar-refractivity contribution in [2.75, 3.05) is 24.3 Å². The summed E-state index contributed by atoms with van der Waals surface area (Å²) < 4.78 is 12.9. The van der Waals surface area contributed by atoms with Gasteiger partial charge in [-0.3, -0.25) is 0 Å². The van der Waals surface area contributed by atoms with E-state index in [2.05, 4.69) is 42.3 Å². The van der Waals surface area contributed by atoms with Crippen LogP contribution in [0, 0.1) is 12.7 Å². The Hall–Kier alpha value is -2.03. The minimum Gasteiger partial charge on any atom is -0.382 e. The molecule has 0 saturated carbocycles. The Kier molecular flexibility index (Phi) is 4.84. The lowest BCUT2D eigenvalue weighted by molar-refractivity contribution is 0.626. The Morgan fingerprint density at radius 2 is 1.76 bits per heavy atom. The van der Waals surface area contributed by atoms with E-state index < -0.39 is 0 Å². The van der Waals surface area contributed by atoms with Crippen molar-refractivity contribution >= 4 is 11.4 Å². The second kappa shape index (κ2) is 6.61. The number of benzene rings is 2. The van der Waals surface area contributed by atoms with Gasteiger partial charge in [0.15, 0.2) is 0 Å². The van der Waals surface area contributed by atoms with Crippen molar-refractivity contribution in [1.29, 1.82) is 0 Å². The van der Waals surface area contributed by atoms with E-state index >= 15 is 0 Å². The molecule has 0 bridgehead atoms. The zero-order valence-corrected chi connectivity index (χ0v) is 13.2. The zero-order chi connectivity index (χ0) is 15.4. The largest absolute Gasteiger partial charge is 0.382 e. The predicted octanol–water partition coefficient (Wildman–Crippen LogP) is 4.24. The summed E-state index contributed by atoms with van der Waals surface area (Å²) >= 11 is 0. The summed E-state index contributed by atoms with van der Waals surface area (Å²) in [7, 11) is 4.10. The highest BCUT2D eigenvalue weighted by Crippen LogP contribution is 2.23. The molecule has 0 aliphatic heterocycles. The minimum absolute atomic E-state index is 0.187. The maximum absolute atomic E-state index is 12.9. The first-order chi connectivity index (χ1) is 9.95. The molecule has 112 valence electrons. The second-order valence-electron chi connectivity index (χ2n) is 5.77. The molecule has 21 heavy (non-hydrogen) atoms. The lowest BCUT2D eigenvalue weighted by Crippen LogP contribution is -2.18. The smallest absolute Gasteiger partial charge is 0.123 e. The molecule has 2 nitrogen and oxygen atoms in total. The number of nitrogens with one attached hydrogen (secondary N) is 1. The molecule has 0 aromatic heterocycles. The van der Waals surface area contributed by atoms with Gasteiger partial charge in [-0.05, 0) is 55.7 Å². The fraction of sp³-hybridized carbons (Fsp3) is 0.333. The summed E-state index contributed by atoms with van der Waals surface area (Å²) in [5.74, 6) is -0.187. The Bertz CT molecular complexity index is 591. The van der Waals surface area contributed by atoms with Crippen LogP contribution in [0.1, 0.15) is 18.1 Å². The van der Waals surface area contributed by atoms with Crippen LogP contribution < -0.4 is 10.2 Å². The summed E-state index contributed by atoms with van der Waals surface area (Å²) in [4.78, 5) is 2.12. The molecule has 1 unspecified atom stereocenters. The molecule has 0 aliphatic carbocycles. The molecule has 2 aromatic carbocycles. The first-order valence-electron chi connectivity index (χ1n) is 7.24. The average molecular weight is 286 g/mol. The van der Waals surface area contributed by atoms with E-state index in [0.717, 1.165) is 17.7 Å². The van der Waals surface area contributed by atoms with Crippen LogP contribution in [0.5, 0.6) is 0 Å². The molecule has 0 radical (unpaired) electrons. The van der Waals surface area contributed by atoms with Crippen molar-refractivity contribution in [1.82, 2.24) is 0 Å². The SMILES string of the molecule is Cc1ccc(NC(C)Cc2ccc(F)cc2)cc1N(C)C.